The molecule has 0 saturated carbocycles. The van der Waals surface area contributed by atoms with Crippen LogP contribution < -0.4 is 15.1 Å². The van der Waals surface area contributed by atoms with E-state index in [-0.39, 0.29) is 12.0 Å². The van der Waals surface area contributed by atoms with E-state index in [1.54, 1.807) is 42.2 Å². The Kier molecular flexibility index (Phi) is 5.07. The monoisotopic (exact) mass is 343 g/mol. The number of carbonyl (C=O) groups is 1. The van der Waals surface area contributed by atoms with E-state index in [1.165, 1.54) is 6.07 Å². The molecule has 6 nitrogen and oxygen atoms in total. The highest BCUT2D eigenvalue weighted by Crippen LogP contribution is 2.21. The van der Waals surface area contributed by atoms with Crippen molar-refractivity contribution in [1.82, 2.24) is 4.90 Å². The number of nitrogens with zero attached hydrogens (tertiary/aromatic N) is 1. The number of likely N-dealkylation sites (tertiary alicyclic amines) is 1. The summed E-state index contributed by atoms with van der Waals surface area (Å²) >= 11 is 0. The number of aryl methyl sites for hydroxylation is 1. The molecule has 0 spiro atoms. The smallest absolute Gasteiger partial charge is 0.339 e. The Labute approximate surface area is 146 Å². The first-order chi connectivity index (χ1) is 12.0. The Morgan fingerprint density at radius 1 is 1.24 bits per heavy atom. The van der Waals surface area contributed by atoms with Crippen molar-refractivity contribution < 1.29 is 18.7 Å². The fourth-order valence-corrected chi connectivity index (χ4v) is 2.89. The molecule has 25 heavy (non-hydrogen) atoms. The number of ether oxygens (including phenoxy) is 2. The number of benzene rings is 1. The van der Waals surface area contributed by atoms with Crippen LogP contribution in [0.15, 0.2) is 45.6 Å². The fourth-order valence-electron chi connectivity index (χ4n) is 2.89. The Morgan fingerprint density at radius 2 is 2.00 bits per heavy atom. The second-order valence-electron chi connectivity index (χ2n) is 5.96. The summed E-state index contributed by atoms with van der Waals surface area (Å²) in [6, 6.07) is 10.1. The maximum atomic E-state index is 12.6. The van der Waals surface area contributed by atoms with Crippen molar-refractivity contribution in [3.63, 3.8) is 0 Å². The average molecular weight is 343 g/mol. The van der Waals surface area contributed by atoms with Gasteiger partial charge in [-0.1, -0.05) is 0 Å². The third kappa shape index (κ3) is 4.21. The first-order valence-electron chi connectivity index (χ1n) is 8.35. The van der Waals surface area contributed by atoms with Crippen molar-refractivity contribution >= 4 is 5.91 Å². The summed E-state index contributed by atoms with van der Waals surface area (Å²) in [6.45, 7) is 5.32. The second kappa shape index (κ2) is 7.42. The number of amides is 1. The Morgan fingerprint density at radius 3 is 2.68 bits per heavy atom. The van der Waals surface area contributed by atoms with Gasteiger partial charge in [-0.15, -0.1) is 0 Å². The maximum absolute atomic E-state index is 12.6. The molecule has 2 aromatic rings. The zero-order valence-corrected chi connectivity index (χ0v) is 14.4. The number of hydrogen-bond acceptors (Lipinski definition) is 5. The van der Waals surface area contributed by atoms with Crippen molar-refractivity contribution in [2.75, 3.05) is 19.7 Å². The van der Waals surface area contributed by atoms with Gasteiger partial charge in [-0.3, -0.25) is 4.79 Å². The second-order valence-corrected chi connectivity index (χ2v) is 5.96. The van der Waals surface area contributed by atoms with Gasteiger partial charge in [-0.05, 0) is 38.1 Å². The SMILES string of the molecule is CCOc1ccc(C(=O)N2CCC(Oc3cc(C)oc(=O)c3)C2)cc1. The summed E-state index contributed by atoms with van der Waals surface area (Å²) in [6.07, 6.45) is 0.593. The molecule has 6 heteroatoms. The van der Waals surface area contributed by atoms with Crippen LogP contribution in [0.4, 0.5) is 0 Å². The molecule has 1 amide bonds. The van der Waals surface area contributed by atoms with E-state index in [1.807, 2.05) is 6.92 Å². The van der Waals surface area contributed by atoms with E-state index >= 15 is 0 Å². The molecule has 3 rings (SSSR count). The van der Waals surface area contributed by atoms with Crippen molar-refractivity contribution in [2.24, 2.45) is 0 Å². The van der Waals surface area contributed by atoms with Gasteiger partial charge in [0.15, 0.2) is 0 Å². The maximum Gasteiger partial charge on any atom is 0.339 e. The first-order valence-corrected chi connectivity index (χ1v) is 8.35. The van der Waals surface area contributed by atoms with E-state index in [4.69, 9.17) is 13.9 Å². The van der Waals surface area contributed by atoms with Crippen molar-refractivity contribution in [2.45, 2.75) is 26.4 Å². The lowest BCUT2D eigenvalue weighted by molar-refractivity contribution is 0.0772. The van der Waals surface area contributed by atoms with Gasteiger partial charge in [-0.25, -0.2) is 4.79 Å². The van der Waals surface area contributed by atoms with Crippen LogP contribution in [0, 0.1) is 6.92 Å². The van der Waals surface area contributed by atoms with Gasteiger partial charge >= 0.3 is 5.63 Å². The van der Waals surface area contributed by atoms with Crippen LogP contribution in [0.1, 0.15) is 29.5 Å². The highest BCUT2D eigenvalue weighted by Gasteiger charge is 2.28. The molecule has 2 heterocycles. The summed E-state index contributed by atoms with van der Waals surface area (Å²) in [5.41, 5.74) is 0.190. The van der Waals surface area contributed by atoms with Gasteiger partial charge < -0.3 is 18.8 Å². The molecule has 0 radical (unpaired) electrons. The van der Waals surface area contributed by atoms with E-state index in [9.17, 15) is 9.59 Å². The molecule has 132 valence electrons. The van der Waals surface area contributed by atoms with E-state index < -0.39 is 5.63 Å². The zero-order chi connectivity index (χ0) is 17.8. The minimum atomic E-state index is -0.435. The summed E-state index contributed by atoms with van der Waals surface area (Å²) in [5, 5.41) is 0. The van der Waals surface area contributed by atoms with Crippen LogP contribution in [-0.2, 0) is 0 Å². The van der Waals surface area contributed by atoms with Crippen LogP contribution in [0.5, 0.6) is 11.5 Å². The summed E-state index contributed by atoms with van der Waals surface area (Å²) in [7, 11) is 0. The summed E-state index contributed by atoms with van der Waals surface area (Å²) in [5.74, 6) is 1.70. The highest BCUT2D eigenvalue weighted by atomic mass is 16.5. The topological polar surface area (TPSA) is 69.0 Å². The lowest BCUT2D eigenvalue weighted by Gasteiger charge is -2.17. The Bertz CT molecular complexity index is 796. The molecule has 1 saturated heterocycles. The van der Waals surface area contributed by atoms with E-state index in [0.717, 1.165) is 12.2 Å². The molecule has 1 aliphatic rings. The molecule has 1 aliphatic heterocycles. The molecule has 0 bridgehead atoms. The minimum absolute atomic E-state index is 0.0297. The highest BCUT2D eigenvalue weighted by molar-refractivity contribution is 5.94. The fraction of sp³-hybridized carbons (Fsp3) is 0.368. The van der Waals surface area contributed by atoms with E-state index in [2.05, 4.69) is 0 Å². The standard InChI is InChI=1S/C19H21NO5/c1-3-23-15-6-4-14(5-7-15)19(22)20-9-8-16(12-20)25-17-10-13(2)24-18(21)11-17/h4-7,10-11,16H,3,8-9,12H2,1-2H3. The van der Waals surface area contributed by atoms with Crippen LogP contribution in [0.25, 0.3) is 0 Å². The zero-order valence-electron chi connectivity index (χ0n) is 14.4. The van der Waals surface area contributed by atoms with E-state index in [0.29, 0.717) is 36.8 Å². The molecule has 0 N–H and O–H groups in total. The lowest BCUT2D eigenvalue weighted by Crippen LogP contribution is -2.31. The third-order valence-electron chi connectivity index (χ3n) is 4.01. The van der Waals surface area contributed by atoms with Gasteiger partial charge in [0.25, 0.3) is 5.91 Å². The Hall–Kier alpha value is -2.76. The molecule has 1 atom stereocenters. The van der Waals surface area contributed by atoms with Crippen molar-refractivity contribution in [1.29, 1.82) is 0 Å². The number of hydrogen-bond donors (Lipinski definition) is 0. The molecule has 1 aromatic heterocycles. The van der Waals surface area contributed by atoms with Crippen LogP contribution in [0.3, 0.4) is 0 Å². The van der Waals surface area contributed by atoms with Crippen molar-refractivity contribution in [3.8, 4) is 11.5 Å². The normalized spacial score (nSPS) is 16.7. The lowest BCUT2D eigenvalue weighted by atomic mass is 10.2. The quantitative estimate of drug-likeness (QED) is 0.835. The van der Waals surface area contributed by atoms with Crippen LogP contribution in [0.2, 0.25) is 0 Å². The molecule has 1 unspecified atom stereocenters. The first kappa shape index (κ1) is 17.1. The van der Waals surface area contributed by atoms with Gasteiger partial charge in [0.05, 0.1) is 19.2 Å². The molecular formula is C19H21NO5. The minimum Gasteiger partial charge on any atom is -0.494 e. The third-order valence-corrected chi connectivity index (χ3v) is 4.01. The summed E-state index contributed by atoms with van der Waals surface area (Å²) < 4.78 is 16.1. The van der Waals surface area contributed by atoms with Gasteiger partial charge in [0.2, 0.25) is 0 Å². The molecule has 1 aromatic carbocycles. The summed E-state index contributed by atoms with van der Waals surface area (Å²) in [4.78, 5) is 25.7. The van der Waals surface area contributed by atoms with Crippen LogP contribution in [-0.4, -0.2) is 36.6 Å². The van der Waals surface area contributed by atoms with Crippen LogP contribution >= 0.6 is 0 Å². The predicted octanol–water partition coefficient (Wildman–Crippen LogP) is 2.64. The van der Waals surface area contributed by atoms with Gasteiger partial charge in [0, 0.05) is 24.6 Å². The number of carbonyl (C=O) groups excluding carboxylic acids is 1. The largest absolute Gasteiger partial charge is 0.494 e. The number of rotatable bonds is 5. The molecule has 1 fully saturated rings. The predicted molar refractivity (Wildman–Crippen MR) is 92.3 cm³/mol. The molecular weight excluding hydrogens is 322 g/mol. The van der Waals surface area contributed by atoms with Gasteiger partial charge in [-0.2, -0.15) is 0 Å². The molecule has 0 aliphatic carbocycles. The Balaban J connectivity index is 1.61. The van der Waals surface area contributed by atoms with Gasteiger partial charge in [0.1, 0.15) is 23.4 Å². The van der Waals surface area contributed by atoms with Crippen molar-refractivity contribution in [3.05, 3.63) is 58.1 Å². The average Bonchev–Trinajstić information content (AvgIpc) is 3.02.